The van der Waals surface area contributed by atoms with Crippen LogP contribution in [-0.2, 0) is 14.8 Å². The molecular formula is C22H27N3O5S. The Morgan fingerprint density at radius 3 is 2.39 bits per heavy atom. The van der Waals surface area contributed by atoms with Gasteiger partial charge >= 0.3 is 5.97 Å². The Hall–Kier alpha value is -2.75. The molecule has 1 amide bonds. The van der Waals surface area contributed by atoms with Gasteiger partial charge in [0, 0.05) is 31.7 Å². The standard InChI is InChI=1S/C22H27N3O5S/c1-4-30-22(27)18-7-5-6-8-20(18)23-21(26)19-15-17(10-9-16(19)2)31(28,29)25-13-11-24(3)12-14-25/h5-10,15H,4,11-14H2,1-3H3,(H,23,26). The number of likely N-dealkylation sites (N-methyl/N-ethyl adjacent to an activating group) is 1. The summed E-state index contributed by atoms with van der Waals surface area (Å²) in [6.45, 7) is 5.77. The van der Waals surface area contributed by atoms with E-state index in [0.717, 1.165) is 0 Å². The van der Waals surface area contributed by atoms with Gasteiger partial charge in [0.15, 0.2) is 0 Å². The number of hydrogen-bond donors (Lipinski definition) is 1. The lowest BCUT2D eigenvalue weighted by Crippen LogP contribution is -2.47. The highest BCUT2D eigenvalue weighted by Crippen LogP contribution is 2.23. The van der Waals surface area contributed by atoms with Crippen molar-refractivity contribution in [3.05, 3.63) is 59.2 Å². The van der Waals surface area contributed by atoms with E-state index in [-0.39, 0.29) is 22.6 Å². The third kappa shape index (κ3) is 5.12. The van der Waals surface area contributed by atoms with Gasteiger partial charge in [-0.3, -0.25) is 4.79 Å². The maximum atomic E-state index is 13.1. The molecule has 31 heavy (non-hydrogen) atoms. The molecule has 0 saturated carbocycles. The maximum absolute atomic E-state index is 13.1. The average Bonchev–Trinajstić information content (AvgIpc) is 2.74. The molecule has 2 aromatic rings. The van der Waals surface area contributed by atoms with Crippen LogP contribution in [0.2, 0.25) is 0 Å². The molecule has 0 aliphatic carbocycles. The summed E-state index contributed by atoms with van der Waals surface area (Å²) in [5, 5.41) is 2.72. The van der Waals surface area contributed by atoms with Gasteiger partial charge in [-0.05, 0) is 50.7 Å². The second-order valence-corrected chi connectivity index (χ2v) is 9.34. The number of carbonyl (C=O) groups excluding carboxylic acids is 2. The Labute approximate surface area is 182 Å². The van der Waals surface area contributed by atoms with Gasteiger partial charge in [-0.2, -0.15) is 4.31 Å². The van der Waals surface area contributed by atoms with Gasteiger partial charge in [0.1, 0.15) is 0 Å². The molecule has 0 aromatic heterocycles. The summed E-state index contributed by atoms with van der Waals surface area (Å²) in [5.74, 6) is -1.04. The van der Waals surface area contributed by atoms with Crippen LogP contribution in [0, 0.1) is 6.92 Å². The second-order valence-electron chi connectivity index (χ2n) is 7.40. The first kappa shape index (κ1) is 22.9. The third-order valence-corrected chi connectivity index (χ3v) is 7.12. The Bertz CT molecular complexity index is 1080. The minimum absolute atomic E-state index is 0.0754. The van der Waals surface area contributed by atoms with Crippen LogP contribution >= 0.6 is 0 Å². The molecule has 3 rings (SSSR count). The van der Waals surface area contributed by atoms with Crippen LogP contribution in [0.5, 0.6) is 0 Å². The maximum Gasteiger partial charge on any atom is 0.340 e. The van der Waals surface area contributed by atoms with Crippen LogP contribution in [0.3, 0.4) is 0 Å². The van der Waals surface area contributed by atoms with Gasteiger partial charge in [-0.25, -0.2) is 13.2 Å². The number of ether oxygens (including phenoxy) is 1. The monoisotopic (exact) mass is 445 g/mol. The zero-order valence-electron chi connectivity index (χ0n) is 17.9. The smallest absolute Gasteiger partial charge is 0.340 e. The minimum Gasteiger partial charge on any atom is -0.462 e. The Morgan fingerprint density at radius 1 is 1.03 bits per heavy atom. The van der Waals surface area contributed by atoms with E-state index < -0.39 is 21.9 Å². The van der Waals surface area contributed by atoms with E-state index in [1.54, 1.807) is 44.2 Å². The van der Waals surface area contributed by atoms with Crippen molar-refractivity contribution in [1.82, 2.24) is 9.21 Å². The number of para-hydroxylation sites is 1. The molecule has 0 spiro atoms. The molecule has 1 aliphatic rings. The van der Waals surface area contributed by atoms with E-state index in [4.69, 9.17) is 4.74 Å². The fraction of sp³-hybridized carbons (Fsp3) is 0.364. The number of esters is 1. The predicted molar refractivity (Wildman–Crippen MR) is 118 cm³/mol. The molecule has 0 unspecified atom stereocenters. The number of nitrogens with one attached hydrogen (secondary N) is 1. The fourth-order valence-electron chi connectivity index (χ4n) is 3.35. The molecule has 0 atom stereocenters. The molecule has 1 saturated heterocycles. The number of carbonyl (C=O) groups is 2. The highest BCUT2D eigenvalue weighted by molar-refractivity contribution is 7.89. The molecule has 2 aromatic carbocycles. The number of anilines is 1. The molecular weight excluding hydrogens is 418 g/mol. The van der Waals surface area contributed by atoms with Crippen molar-refractivity contribution in [3.63, 3.8) is 0 Å². The number of piperazine rings is 1. The topological polar surface area (TPSA) is 96.0 Å². The number of nitrogens with zero attached hydrogens (tertiary/aromatic N) is 2. The largest absolute Gasteiger partial charge is 0.462 e. The van der Waals surface area contributed by atoms with E-state index in [2.05, 4.69) is 10.2 Å². The van der Waals surface area contributed by atoms with Gasteiger partial charge in [-0.15, -0.1) is 0 Å². The quantitative estimate of drug-likeness (QED) is 0.686. The summed E-state index contributed by atoms with van der Waals surface area (Å²) in [7, 11) is -1.76. The summed E-state index contributed by atoms with van der Waals surface area (Å²) >= 11 is 0. The number of sulfonamides is 1. The molecule has 0 radical (unpaired) electrons. The van der Waals surface area contributed by atoms with Crippen LogP contribution in [0.15, 0.2) is 47.4 Å². The molecule has 1 N–H and O–H groups in total. The SMILES string of the molecule is CCOC(=O)c1ccccc1NC(=O)c1cc(S(=O)(=O)N2CCN(C)CC2)ccc1C. The normalized spacial score (nSPS) is 15.5. The molecule has 1 heterocycles. The van der Waals surface area contributed by atoms with Gasteiger partial charge in [0.2, 0.25) is 10.0 Å². The summed E-state index contributed by atoms with van der Waals surface area (Å²) in [4.78, 5) is 27.3. The first-order valence-corrected chi connectivity index (χ1v) is 11.5. The van der Waals surface area contributed by atoms with Crippen molar-refractivity contribution in [1.29, 1.82) is 0 Å². The summed E-state index contributed by atoms with van der Waals surface area (Å²) in [6.07, 6.45) is 0. The summed E-state index contributed by atoms with van der Waals surface area (Å²) < 4.78 is 32.6. The highest BCUT2D eigenvalue weighted by Gasteiger charge is 2.28. The lowest BCUT2D eigenvalue weighted by atomic mass is 10.1. The van der Waals surface area contributed by atoms with Gasteiger partial charge in [0.25, 0.3) is 5.91 Å². The first-order valence-electron chi connectivity index (χ1n) is 10.1. The van der Waals surface area contributed by atoms with E-state index in [1.807, 2.05) is 7.05 Å². The van der Waals surface area contributed by atoms with Crippen LogP contribution in [0.4, 0.5) is 5.69 Å². The molecule has 1 fully saturated rings. The number of amides is 1. The summed E-state index contributed by atoms with van der Waals surface area (Å²) in [5.41, 5.74) is 1.39. The average molecular weight is 446 g/mol. The molecule has 1 aliphatic heterocycles. The zero-order valence-corrected chi connectivity index (χ0v) is 18.7. The molecule has 166 valence electrons. The van der Waals surface area contributed by atoms with Crippen LogP contribution in [-0.4, -0.2) is 69.3 Å². The lowest BCUT2D eigenvalue weighted by molar-refractivity contribution is 0.0527. The van der Waals surface area contributed by atoms with Crippen LogP contribution in [0.1, 0.15) is 33.2 Å². The molecule has 0 bridgehead atoms. The van der Waals surface area contributed by atoms with Gasteiger partial charge in [-0.1, -0.05) is 18.2 Å². The molecule has 9 heteroatoms. The van der Waals surface area contributed by atoms with Crippen LogP contribution in [0.25, 0.3) is 0 Å². The third-order valence-electron chi connectivity index (χ3n) is 5.22. The highest BCUT2D eigenvalue weighted by atomic mass is 32.2. The van der Waals surface area contributed by atoms with E-state index in [1.165, 1.54) is 16.4 Å². The number of benzene rings is 2. The fourth-order valence-corrected chi connectivity index (χ4v) is 4.80. The number of rotatable bonds is 6. The number of aryl methyl sites for hydroxylation is 1. The minimum atomic E-state index is -3.71. The van der Waals surface area contributed by atoms with Gasteiger partial charge in [0.05, 0.1) is 22.8 Å². The first-order chi connectivity index (χ1) is 14.7. The Morgan fingerprint density at radius 2 is 1.71 bits per heavy atom. The van der Waals surface area contributed by atoms with Crippen molar-refractivity contribution in [2.45, 2.75) is 18.7 Å². The second kappa shape index (κ2) is 9.59. The van der Waals surface area contributed by atoms with Crippen LogP contribution < -0.4 is 5.32 Å². The van der Waals surface area contributed by atoms with Gasteiger partial charge < -0.3 is 15.0 Å². The predicted octanol–water partition coefficient (Wildman–Crippen LogP) is 2.36. The number of hydrogen-bond acceptors (Lipinski definition) is 6. The van der Waals surface area contributed by atoms with Crippen molar-refractivity contribution >= 4 is 27.6 Å². The summed E-state index contributed by atoms with van der Waals surface area (Å²) in [6, 6.07) is 11.1. The van der Waals surface area contributed by atoms with Crippen molar-refractivity contribution in [2.75, 3.05) is 45.2 Å². The van der Waals surface area contributed by atoms with Crippen molar-refractivity contribution < 1.29 is 22.7 Å². The van der Waals surface area contributed by atoms with E-state index in [9.17, 15) is 18.0 Å². The Balaban J connectivity index is 1.87. The zero-order chi connectivity index (χ0) is 22.6. The van der Waals surface area contributed by atoms with E-state index in [0.29, 0.717) is 37.4 Å². The molecule has 8 nitrogen and oxygen atoms in total. The van der Waals surface area contributed by atoms with Crippen molar-refractivity contribution in [2.24, 2.45) is 0 Å². The lowest BCUT2D eigenvalue weighted by Gasteiger charge is -2.31. The Kier molecular flexibility index (Phi) is 7.09. The van der Waals surface area contributed by atoms with E-state index >= 15 is 0 Å². The van der Waals surface area contributed by atoms with Crippen molar-refractivity contribution in [3.8, 4) is 0 Å².